The lowest BCUT2D eigenvalue weighted by molar-refractivity contribution is 0.104. The van der Waals surface area contributed by atoms with Crippen LogP contribution in [0.5, 0.6) is 0 Å². The first kappa shape index (κ1) is 13.8. The zero-order valence-corrected chi connectivity index (χ0v) is 13.2. The first-order valence-corrected chi connectivity index (χ1v) is 7.54. The SMILES string of the molecule is CNc1ccc2c3c1C(=O)c1ccccc1-c3c(C)c(=O)n2C. The van der Waals surface area contributed by atoms with Crippen molar-refractivity contribution >= 4 is 22.4 Å². The molecule has 0 atom stereocenters. The minimum absolute atomic E-state index is 0.00102. The van der Waals surface area contributed by atoms with Gasteiger partial charge in [-0.1, -0.05) is 24.3 Å². The van der Waals surface area contributed by atoms with E-state index in [1.54, 1.807) is 18.7 Å². The van der Waals surface area contributed by atoms with Crippen LogP contribution in [0.3, 0.4) is 0 Å². The van der Waals surface area contributed by atoms with Crippen LogP contribution in [-0.2, 0) is 7.05 Å². The lowest BCUT2D eigenvalue weighted by Gasteiger charge is -2.24. The quantitative estimate of drug-likeness (QED) is 0.588. The Hall–Kier alpha value is -2.88. The van der Waals surface area contributed by atoms with Gasteiger partial charge in [-0.15, -0.1) is 0 Å². The van der Waals surface area contributed by atoms with E-state index in [9.17, 15) is 9.59 Å². The summed E-state index contributed by atoms with van der Waals surface area (Å²) >= 11 is 0. The third kappa shape index (κ3) is 1.60. The summed E-state index contributed by atoms with van der Waals surface area (Å²) in [6, 6.07) is 11.3. The molecule has 3 aromatic rings. The summed E-state index contributed by atoms with van der Waals surface area (Å²) in [6.07, 6.45) is 0. The smallest absolute Gasteiger partial charge is 0.254 e. The maximum absolute atomic E-state index is 13.1. The third-order valence-electron chi connectivity index (χ3n) is 4.73. The molecule has 4 heteroatoms. The summed E-state index contributed by atoms with van der Waals surface area (Å²) in [7, 11) is 3.56. The number of hydrogen-bond donors (Lipinski definition) is 1. The molecule has 1 aliphatic rings. The molecule has 0 saturated carbocycles. The molecular weight excluding hydrogens is 288 g/mol. The van der Waals surface area contributed by atoms with Crippen LogP contribution in [-0.4, -0.2) is 17.4 Å². The Balaban J connectivity index is 2.37. The largest absolute Gasteiger partial charge is 0.388 e. The number of carbonyl (C=O) groups excluding carboxylic acids is 1. The van der Waals surface area contributed by atoms with E-state index in [-0.39, 0.29) is 11.3 Å². The van der Waals surface area contributed by atoms with E-state index in [4.69, 9.17) is 0 Å². The number of rotatable bonds is 1. The average molecular weight is 304 g/mol. The molecular formula is C19H16N2O2. The second-order valence-corrected chi connectivity index (χ2v) is 5.87. The van der Waals surface area contributed by atoms with Crippen LogP contribution in [0.15, 0.2) is 41.2 Å². The Bertz CT molecular complexity index is 1060. The third-order valence-corrected chi connectivity index (χ3v) is 4.73. The van der Waals surface area contributed by atoms with Gasteiger partial charge in [-0.2, -0.15) is 0 Å². The minimum Gasteiger partial charge on any atom is -0.388 e. The molecule has 0 saturated heterocycles. The summed E-state index contributed by atoms with van der Waals surface area (Å²) in [5.74, 6) is 0.00102. The zero-order valence-electron chi connectivity index (χ0n) is 13.2. The first-order valence-electron chi connectivity index (χ1n) is 7.54. The van der Waals surface area contributed by atoms with Crippen molar-refractivity contribution in [2.24, 2.45) is 7.05 Å². The Morgan fingerprint density at radius 2 is 1.65 bits per heavy atom. The maximum Gasteiger partial charge on any atom is 0.254 e. The van der Waals surface area contributed by atoms with Gasteiger partial charge in [0.15, 0.2) is 5.78 Å². The van der Waals surface area contributed by atoms with Crippen molar-refractivity contribution in [3.63, 3.8) is 0 Å². The molecule has 0 bridgehead atoms. The average Bonchev–Trinajstić information content (AvgIpc) is 2.58. The molecule has 1 aromatic heterocycles. The molecule has 0 spiro atoms. The highest BCUT2D eigenvalue weighted by Crippen LogP contribution is 2.42. The molecule has 4 nitrogen and oxygen atoms in total. The molecule has 0 unspecified atom stereocenters. The number of aryl methyl sites for hydroxylation is 1. The van der Waals surface area contributed by atoms with Crippen LogP contribution >= 0.6 is 0 Å². The van der Waals surface area contributed by atoms with E-state index >= 15 is 0 Å². The summed E-state index contributed by atoms with van der Waals surface area (Å²) in [4.78, 5) is 25.7. The van der Waals surface area contributed by atoms with E-state index < -0.39 is 0 Å². The summed E-state index contributed by atoms with van der Waals surface area (Å²) in [5.41, 5.74) is 5.25. The van der Waals surface area contributed by atoms with Crippen LogP contribution < -0.4 is 10.9 Å². The molecule has 1 aliphatic carbocycles. The number of ketones is 1. The van der Waals surface area contributed by atoms with Crippen LogP contribution in [0, 0.1) is 6.92 Å². The van der Waals surface area contributed by atoms with E-state index in [1.165, 1.54) is 0 Å². The van der Waals surface area contributed by atoms with Crippen LogP contribution in [0.4, 0.5) is 5.69 Å². The molecule has 0 radical (unpaired) electrons. The van der Waals surface area contributed by atoms with Crippen molar-refractivity contribution in [2.75, 3.05) is 12.4 Å². The molecule has 0 aliphatic heterocycles. The Morgan fingerprint density at radius 3 is 2.35 bits per heavy atom. The Labute approximate surface area is 133 Å². The molecule has 1 heterocycles. The second kappa shape index (κ2) is 4.56. The number of fused-ring (bicyclic) bond motifs is 2. The second-order valence-electron chi connectivity index (χ2n) is 5.87. The number of benzene rings is 2. The molecule has 23 heavy (non-hydrogen) atoms. The number of nitrogens with one attached hydrogen (secondary N) is 1. The first-order chi connectivity index (χ1) is 11.1. The lowest BCUT2D eigenvalue weighted by Crippen LogP contribution is -2.24. The number of aromatic nitrogens is 1. The molecule has 0 amide bonds. The lowest BCUT2D eigenvalue weighted by atomic mass is 9.81. The Morgan fingerprint density at radius 1 is 0.957 bits per heavy atom. The summed E-state index contributed by atoms with van der Waals surface area (Å²) in [5, 5.41) is 3.97. The highest BCUT2D eigenvalue weighted by molar-refractivity contribution is 6.28. The zero-order chi connectivity index (χ0) is 16.3. The fourth-order valence-corrected chi connectivity index (χ4v) is 3.59. The predicted molar refractivity (Wildman–Crippen MR) is 92.3 cm³/mol. The molecule has 0 fully saturated rings. The van der Waals surface area contributed by atoms with Crippen molar-refractivity contribution in [3.8, 4) is 11.1 Å². The minimum atomic E-state index is -0.0280. The van der Waals surface area contributed by atoms with Crippen molar-refractivity contribution in [2.45, 2.75) is 6.92 Å². The van der Waals surface area contributed by atoms with Gasteiger partial charge < -0.3 is 9.88 Å². The van der Waals surface area contributed by atoms with Gasteiger partial charge in [-0.3, -0.25) is 9.59 Å². The highest BCUT2D eigenvalue weighted by Gasteiger charge is 2.30. The van der Waals surface area contributed by atoms with E-state index in [0.29, 0.717) is 16.7 Å². The molecule has 114 valence electrons. The van der Waals surface area contributed by atoms with Crippen LogP contribution in [0.2, 0.25) is 0 Å². The number of nitrogens with zero attached hydrogens (tertiary/aromatic N) is 1. The van der Waals surface area contributed by atoms with Gasteiger partial charge in [0.05, 0.1) is 11.1 Å². The van der Waals surface area contributed by atoms with Gasteiger partial charge in [-0.05, 0) is 24.6 Å². The summed E-state index contributed by atoms with van der Waals surface area (Å²) < 4.78 is 1.62. The maximum atomic E-state index is 13.1. The predicted octanol–water partition coefficient (Wildman–Crippen LogP) is 3.10. The van der Waals surface area contributed by atoms with E-state index in [0.717, 1.165) is 27.7 Å². The molecule has 1 N–H and O–H groups in total. The fraction of sp³-hybridized carbons (Fsp3) is 0.158. The van der Waals surface area contributed by atoms with Gasteiger partial charge in [0, 0.05) is 41.9 Å². The monoisotopic (exact) mass is 304 g/mol. The number of pyridine rings is 1. The van der Waals surface area contributed by atoms with E-state index in [1.807, 2.05) is 43.3 Å². The highest BCUT2D eigenvalue weighted by atomic mass is 16.1. The number of anilines is 1. The van der Waals surface area contributed by atoms with Gasteiger partial charge in [0.1, 0.15) is 0 Å². The topological polar surface area (TPSA) is 51.1 Å². The van der Waals surface area contributed by atoms with Crippen LogP contribution in [0.1, 0.15) is 21.5 Å². The van der Waals surface area contributed by atoms with Gasteiger partial charge >= 0.3 is 0 Å². The van der Waals surface area contributed by atoms with Crippen molar-refractivity contribution < 1.29 is 4.79 Å². The molecule has 4 rings (SSSR count). The van der Waals surface area contributed by atoms with Gasteiger partial charge in [0.2, 0.25) is 0 Å². The fourth-order valence-electron chi connectivity index (χ4n) is 3.59. The van der Waals surface area contributed by atoms with Crippen LogP contribution in [0.25, 0.3) is 22.0 Å². The van der Waals surface area contributed by atoms with Crippen molar-refractivity contribution in [1.29, 1.82) is 0 Å². The Kier molecular flexibility index (Phi) is 2.73. The molecule has 2 aromatic carbocycles. The van der Waals surface area contributed by atoms with Crippen molar-refractivity contribution in [3.05, 3.63) is 63.4 Å². The van der Waals surface area contributed by atoms with Crippen molar-refractivity contribution in [1.82, 2.24) is 4.57 Å². The number of carbonyl (C=O) groups is 1. The van der Waals surface area contributed by atoms with Gasteiger partial charge in [-0.25, -0.2) is 0 Å². The summed E-state index contributed by atoms with van der Waals surface area (Å²) in [6.45, 7) is 1.83. The standard InChI is InChI=1S/C19H16N2O2/c1-10-15-11-6-4-5-7-12(11)18(22)16-13(20-2)8-9-14(17(15)16)21(3)19(10)23/h4-9,20H,1-3H3. The normalized spacial score (nSPS) is 12.4. The van der Waals surface area contributed by atoms with E-state index in [2.05, 4.69) is 5.32 Å². The van der Waals surface area contributed by atoms with Gasteiger partial charge in [0.25, 0.3) is 5.56 Å². The number of hydrogen-bond acceptors (Lipinski definition) is 3.